The van der Waals surface area contributed by atoms with E-state index in [1.54, 1.807) is 12.0 Å². The predicted molar refractivity (Wildman–Crippen MR) is 96.2 cm³/mol. The minimum absolute atomic E-state index is 0.123. The van der Waals surface area contributed by atoms with Crippen molar-refractivity contribution in [3.05, 3.63) is 65.7 Å². The van der Waals surface area contributed by atoms with E-state index in [9.17, 15) is 4.79 Å². The molecule has 0 fully saturated rings. The fourth-order valence-corrected chi connectivity index (χ4v) is 2.75. The summed E-state index contributed by atoms with van der Waals surface area (Å²) in [6.07, 6.45) is 0. The van der Waals surface area contributed by atoms with Gasteiger partial charge in [-0.2, -0.15) is 0 Å². The number of benzene rings is 2. The molecule has 0 aromatic heterocycles. The highest BCUT2D eigenvalue weighted by molar-refractivity contribution is 6.31. The molecule has 0 spiro atoms. The van der Waals surface area contributed by atoms with Crippen LogP contribution in [0, 0.1) is 13.8 Å². The molecule has 2 aromatic carbocycles. The third kappa shape index (κ3) is 3.40. The number of ether oxygens (including phenoxy) is 1. The number of para-hydroxylation sites is 2. The molecule has 0 aliphatic heterocycles. The Hall–Kier alpha value is -2.26. The molecule has 0 N–H and O–H groups in total. The lowest BCUT2D eigenvalue weighted by atomic mass is 10.0. The van der Waals surface area contributed by atoms with Gasteiger partial charge in [0.25, 0.3) is 0 Å². The zero-order valence-electron chi connectivity index (χ0n) is 13.6. The molecule has 0 saturated carbocycles. The standard InChI is InChI=1S/C19H20ClNO2/c1-13-8-7-9-14(2)19(13)21(18(22)12-20)15(3)16-10-5-6-11-17(16)23-4/h5-11H,3,12H2,1-2,4H3. The number of hydrogen-bond acceptors (Lipinski definition) is 2. The maximum Gasteiger partial charge on any atom is 0.246 e. The lowest BCUT2D eigenvalue weighted by Gasteiger charge is -2.28. The molecule has 0 heterocycles. The molecular formula is C19H20ClNO2. The molecule has 120 valence electrons. The van der Waals surface area contributed by atoms with E-state index in [0.717, 1.165) is 22.4 Å². The van der Waals surface area contributed by atoms with Crippen molar-refractivity contribution in [2.75, 3.05) is 17.9 Å². The lowest BCUT2D eigenvalue weighted by molar-refractivity contribution is -0.115. The third-order valence-corrected chi connectivity index (χ3v) is 3.94. The quantitative estimate of drug-likeness (QED) is 0.753. The summed E-state index contributed by atoms with van der Waals surface area (Å²) < 4.78 is 5.39. The van der Waals surface area contributed by atoms with Crippen LogP contribution in [-0.2, 0) is 4.79 Å². The van der Waals surface area contributed by atoms with Crippen LogP contribution < -0.4 is 9.64 Å². The summed E-state index contributed by atoms with van der Waals surface area (Å²) in [5.74, 6) is 0.318. The number of carbonyl (C=O) groups is 1. The van der Waals surface area contributed by atoms with Gasteiger partial charge in [-0.1, -0.05) is 36.9 Å². The summed E-state index contributed by atoms with van der Waals surface area (Å²) in [5.41, 5.74) is 4.09. The van der Waals surface area contributed by atoms with Crippen molar-refractivity contribution in [2.24, 2.45) is 0 Å². The number of amides is 1. The number of methoxy groups -OCH3 is 1. The first-order valence-electron chi connectivity index (χ1n) is 7.28. The van der Waals surface area contributed by atoms with Gasteiger partial charge in [-0.15, -0.1) is 11.6 Å². The summed E-state index contributed by atoms with van der Waals surface area (Å²) in [5, 5.41) is 0. The van der Waals surface area contributed by atoms with Gasteiger partial charge in [-0.05, 0) is 37.1 Å². The van der Waals surface area contributed by atoms with Crippen molar-refractivity contribution in [3.8, 4) is 5.75 Å². The second-order valence-corrected chi connectivity index (χ2v) is 5.52. The van der Waals surface area contributed by atoms with Crippen LogP contribution in [0.3, 0.4) is 0 Å². The van der Waals surface area contributed by atoms with Crippen LogP contribution in [0.15, 0.2) is 49.0 Å². The molecule has 0 saturated heterocycles. The minimum Gasteiger partial charge on any atom is -0.496 e. The molecule has 0 radical (unpaired) electrons. The van der Waals surface area contributed by atoms with Gasteiger partial charge in [0.1, 0.15) is 11.6 Å². The SMILES string of the molecule is C=C(c1ccccc1OC)N(C(=O)CCl)c1c(C)cccc1C. The Morgan fingerprint density at radius 1 is 1.13 bits per heavy atom. The number of nitrogens with zero attached hydrogens (tertiary/aromatic N) is 1. The van der Waals surface area contributed by atoms with Gasteiger partial charge in [-0.25, -0.2) is 0 Å². The highest BCUT2D eigenvalue weighted by Gasteiger charge is 2.24. The van der Waals surface area contributed by atoms with E-state index in [-0.39, 0.29) is 11.8 Å². The Kier molecular flexibility index (Phi) is 5.45. The molecule has 0 bridgehead atoms. The molecule has 0 aliphatic rings. The van der Waals surface area contributed by atoms with E-state index in [2.05, 4.69) is 6.58 Å². The molecular weight excluding hydrogens is 310 g/mol. The Labute approximate surface area is 142 Å². The van der Waals surface area contributed by atoms with Gasteiger partial charge >= 0.3 is 0 Å². The minimum atomic E-state index is -0.222. The summed E-state index contributed by atoms with van der Waals surface area (Å²) in [7, 11) is 1.60. The zero-order chi connectivity index (χ0) is 17.0. The third-order valence-electron chi connectivity index (χ3n) is 3.71. The van der Waals surface area contributed by atoms with Crippen LogP contribution in [0.2, 0.25) is 0 Å². The first kappa shape index (κ1) is 17.1. The summed E-state index contributed by atoms with van der Waals surface area (Å²) in [6, 6.07) is 13.4. The van der Waals surface area contributed by atoms with Crippen molar-refractivity contribution < 1.29 is 9.53 Å². The highest BCUT2D eigenvalue weighted by atomic mass is 35.5. The van der Waals surface area contributed by atoms with Crippen molar-refractivity contribution in [1.29, 1.82) is 0 Å². The first-order valence-corrected chi connectivity index (χ1v) is 7.82. The van der Waals surface area contributed by atoms with E-state index in [1.807, 2.05) is 56.3 Å². The molecule has 3 nitrogen and oxygen atoms in total. The topological polar surface area (TPSA) is 29.5 Å². The van der Waals surface area contributed by atoms with E-state index < -0.39 is 0 Å². The van der Waals surface area contributed by atoms with Crippen LogP contribution in [0.25, 0.3) is 5.70 Å². The van der Waals surface area contributed by atoms with Gasteiger partial charge in [0.15, 0.2) is 0 Å². The Bertz CT molecular complexity index is 720. The number of carbonyl (C=O) groups excluding carboxylic acids is 1. The normalized spacial score (nSPS) is 10.3. The van der Waals surface area contributed by atoms with Gasteiger partial charge in [-0.3, -0.25) is 9.69 Å². The predicted octanol–water partition coefficient (Wildman–Crippen LogP) is 4.55. The Morgan fingerprint density at radius 3 is 2.30 bits per heavy atom. The lowest BCUT2D eigenvalue weighted by Crippen LogP contribution is -2.31. The number of alkyl halides is 1. The maximum absolute atomic E-state index is 12.5. The molecule has 1 amide bonds. The van der Waals surface area contributed by atoms with Gasteiger partial charge in [0.05, 0.1) is 18.5 Å². The van der Waals surface area contributed by atoms with Crippen molar-refractivity contribution in [1.82, 2.24) is 0 Å². The van der Waals surface area contributed by atoms with Crippen molar-refractivity contribution >= 4 is 28.9 Å². The Balaban J connectivity index is 2.60. The smallest absolute Gasteiger partial charge is 0.246 e. The fraction of sp³-hybridized carbons (Fsp3) is 0.211. The van der Waals surface area contributed by atoms with Crippen LogP contribution >= 0.6 is 11.6 Å². The number of anilines is 1. The average Bonchev–Trinajstić information content (AvgIpc) is 2.57. The van der Waals surface area contributed by atoms with E-state index >= 15 is 0 Å². The molecule has 4 heteroatoms. The molecule has 0 unspecified atom stereocenters. The second-order valence-electron chi connectivity index (χ2n) is 5.25. The fourth-order valence-electron chi connectivity index (χ4n) is 2.63. The average molecular weight is 330 g/mol. The Morgan fingerprint density at radius 2 is 1.74 bits per heavy atom. The number of aryl methyl sites for hydroxylation is 2. The second kappa shape index (κ2) is 7.34. The molecule has 2 aromatic rings. The molecule has 2 rings (SSSR count). The van der Waals surface area contributed by atoms with Crippen molar-refractivity contribution in [3.63, 3.8) is 0 Å². The van der Waals surface area contributed by atoms with Crippen molar-refractivity contribution in [2.45, 2.75) is 13.8 Å². The first-order chi connectivity index (χ1) is 11.0. The van der Waals surface area contributed by atoms with Crippen LogP contribution in [0.5, 0.6) is 5.75 Å². The van der Waals surface area contributed by atoms with Gasteiger partial charge < -0.3 is 4.74 Å². The monoisotopic (exact) mass is 329 g/mol. The number of hydrogen-bond donors (Lipinski definition) is 0. The van der Waals surface area contributed by atoms with Crippen LogP contribution in [0.1, 0.15) is 16.7 Å². The van der Waals surface area contributed by atoms with Gasteiger partial charge in [0, 0.05) is 5.56 Å². The van der Waals surface area contributed by atoms with E-state index in [1.165, 1.54) is 0 Å². The highest BCUT2D eigenvalue weighted by Crippen LogP contribution is 2.34. The number of rotatable bonds is 5. The zero-order valence-corrected chi connectivity index (χ0v) is 14.4. The van der Waals surface area contributed by atoms with E-state index in [4.69, 9.17) is 16.3 Å². The molecule has 0 atom stereocenters. The summed E-state index contributed by atoms with van der Waals surface area (Å²) in [6.45, 7) is 8.06. The number of halogens is 1. The largest absolute Gasteiger partial charge is 0.496 e. The van der Waals surface area contributed by atoms with Crippen LogP contribution in [-0.4, -0.2) is 18.9 Å². The maximum atomic E-state index is 12.5. The van der Waals surface area contributed by atoms with E-state index in [0.29, 0.717) is 11.4 Å². The van der Waals surface area contributed by atoms with Crippen LogP contribution in [0.4, 0.5) is 5.69 Å². The molecule has 0 aliphatic carbocycles. The molecule has 23 heavy (non-hydrogen) atoms. The summed E-state index contributed by atoms with van der Waals surface area (Å²) in [4.78, 5) is 14.1. The summed E-state index contributed by atoms with van der Waals surface area (Å²) >= 11 is 5.84. The van der Waals surface area contributed by atoms with Gasteiger partial charge in [0.2, 0.25) is 5.91 Å².